The number of rotatable bonds is 5. The van der Waals surface area contributed by atoms with Gasteiger partial charge in [-0.05, 0) is 31.2 Å². The first-order chi connectivity index (χ1) is 12.0. The molecule has 3 rings (SSSR count). The number of halogens is 2. The molecule has 0 spiro atoms. The number of hydrogen-bond acceptors (Lipinski definition) is 2. The van der Waals surface area contributed by atoms with E-state index < -0.39 is 0 Å². The van der Waals surface area contributed by atoms with Crippen LogP contribution in [0.2, 0.25) is 5.02 Å². The van der Waals surface area contributed by atoms with Crippen LogP contribution in [0.1, 0.15) is 37.7 Å². The Morgan fingerprint density at radius 1 is 1.28 bits per heavy atom. The van der Waals surface area contributed by atoms with Gasteiger partial charge in [0, 0.05) is 17.0 Å². The van der Waals surface area contributed by atoms with Gasteiger partial charge < -0.3 is 9.88 Å². The molecule has 1 aromatic heterocycles. The SMILES string of the molecule is CCC(=O)N[C@@H](C)c1nc2ccccc2n1Cc1c(F)cccc1Cl. The Balaban J connectivity index is 2.09. The highest BCUT2D eigenvalue weighted by atomic mass is 35.5. The highest BCUT2D eigenvalue weighted by molar-refractivity contribution is 6.31. The number of imidazole rings is 1. The molecule has 1 heterocycles. The van der Waals surface area contributed by atoms with Crippen molar-refractivity contribution in [2.75, 3.05) is 0 Å². The highest BCUT2D eigenvalue weighted by Gasteiger charge is 2.19. The maximum absolute atomic E-state index is 14.3. The van der Waals surface area contributed by atoms with E-state index in [1.807, 2.05) is 35.8 Å². The van der Waals surface area contributed by atoms with Gasteiger partial charge in [-0.1, -0.05) is 36.7 Å². The minimum Gasteiger partial charge on any atom is -0.346 e. The van der Waals surface area contributed by atoms with Gasteiger partial charge >= 0.3 is 0 Å². The second-order valence-electron chi connectivity index (χ2n) is 5.89. The molecule has 0 fully saturated rings. The Bertz CT molecular complexity index is 902. The zero-order valence-electron chi connectivity index (χ0n) is 14.1. The van der Waals surface area contributed by atoms with Crippen molar-refractivity contribution in [1.82, 2.24) is 14.9 Å². The van der Waals surface area contributed by atoms with Gasteiger partial charge in [-0.25, -0.2) is 9.37 Å². The van der Waals surface area contributed by atoms with E-state index in [-0.39, 0.29) is 24.3 Å². The van der Waals surface area contributed by atoms with Gasteiger partial charge in [0.25, 0.3) is 0 Å². The molecule has 3 aromatic rings. The molecule has 1 amide bonds. The van der Waals surface area contributed by atoms with Crippen molar-refractivity contribution < 1.29 is 9.18 Å². The minimum absolute atomic E-state index is 0.0602. The monoisotopic (exact) mass is 359 g/mol. The first-order valence-electron chi connectivity index (χ1n) is 8.18. The molecule has 1 atom stereocenters. The van der Waals surface area contributed by atoms with Crippen LogP contribution in [-0.2, 0) is 11.3 Å². The van der Waals surface area contributed by atoms with Crippen LogP contribution in [0.5, 0.6) is 0 Å². The Morgan fingerprint density at radius 2 is 2.04 bits per heavy atom. The number of carbonyl (C=O) groups is 1. The van der Waals surface area contributed by atoms with Crippen molar-refractivity contribution in [3.05, 3.63) is 64.7 Å². The van der Waals surface area contributed by atoms with Crippen molar-refractivity contribution in [3.8, 4) is 0 Å². The van der Waals surface area contributed by atoms with E-state index >= 15 is 0 Å². The molecule has 4 nitrogen and oxygen atoms in total. The summed E-state index contributed by atoms with van der Waals surface area (Å²) >= 11 is 6.19. The van der Waals surface area contributed by atoms with Crippen LogP contribution >= 0.6 is 11.6 Å². The largest absolute Gasteiger partial charge is 0.346 e. The van der Waals surface area contributed by atoms with Crippen LogP contribution in [0, 0.1) is 5.82 Å². The average Bonchev–Trinajstić information content (AvgIpc) is 2.97. The van der Waals surface area contributed by atoms with Crippen molar-refractivity contribution in [2.45, 2.75) is 32.9 Å². The topological polar surface area (TPSA) is 46.9 Å². The number of benzene rings is 2. The summed E-state index contributed by atoms with van der Waals surface area (Å²) in [6, 6.07) is 12.0. The lowest BCUT2D eigenvalue weighted by molar-refractivity contribution is -0.121. The molecule has 1 N–H and O–H groups in total. The number of nitrogens with zero attached hydrogens (tertiary/aromatic N) is 2. The number of hydrogen-bond donors (Lipinski definition) is 1. The molecule has 130 valence electrons. The average molecular weight is 360 g/mol. The molecule has 0 aliphatic heterocycles. The summed E-state index contributed by atoms with van der Waals surface area (Å²) in [7, 11) is 0. The quantitative estimate of drug-likeness (QED) is 0.730. The molecule has 2 aromatic carbocycles. The molecule has 0 unspecified atom stereocenters. The Hall–Kier alpha value is -2.40. The van der Waals surface area contributed by atoms with Crippen LogP contribution in [-0.4, -0.2) is 15.5 Å². The van der Waals surface area contributed by atoms with Crippen molar-refractivity contribution >= 4 is 28.5 Å². The summed E-state index contributed by atoms with van der Waals surface area (Å²) in [4.78, 5) is 16.4. The number of nitrogens with one attached hydrogen (secondary N) is 1. The highest BCUT2D eigenvalue weighted by Crippen LogP contribution is 2.26. The number of carbonyl (C=O) groups excluding carboxylic acids is 1. The third-order valence-corrected chi connectivity index (χ3v) is 4.50. The standard InChI is InChI=1S/C19H19ClFN3O/c1-3-18(25)22-12(2)19-23-16-9-4-5-10-17(16)24(19)11-13-14(20)7-6-8-15(13)21/h4-10,12H,3,11H2,1-2H3,(H,22,25)/t12-/m0/s1. The van der Waals surface area contributed by atoms with Gasteiger partial charge in [-0.2, -0.15) is 0 Å². The van der Waals surface area contributed by atoms with Gasteiger partial charge in [0.05, 0.1) is 23.6 Å². The number of amides is 1. The van der Waals surface area contributed by atoms with E-state index in [1.54, 1.807) is 19.1 Å². The zero-order chi connectivity index (χ0) is 18.0. The van der Waals surface area contributed by atoms with Crippen molar-refractivity contribution in [3.63, 3.8) is 0 Å². The second kappa shape index (κ2) is 7.23. The van der Waals surface area contributed by atoms with Crippen LogP contribution in [0.3, 0.4) is 0 Å². The van der Waals surface area contributed by atoms with Crippen LogP contribution in [0.15, 0.2) is 42.5 Å². The van der Waals surface area contributed by atoms with Crippen molar-refractivity contribution in [2.24, 2.45) is 0 Å². The lowest BCUT2D eigenvalue weighted by Crippen LogP contribution is -2.28. The molecule has 0 saturated carbocycles. The maximum Gasteiger partial charge on any atom is 0.220 e. The van der Waals surface area contributed by atoms with E-state index in [4.69, 9.17) is 11.6 Å². The van der Waals surface area contributed by atoms with E-state index in [2.05, 4.69) is 10.3 Å². The predicted octanol–water partition coefficient (Wildman–Crippen LogP) is 4.46. The number of aromatic nitrogens is 2. The molecule has 0 bridgehead atoms. The van der Waals surface area contributed by atoms with Crippen LogP contribution in [0.25, 0.3) is 11.0 Å². The van der Waals surface area contributed by atoms with E-state index in [1.165, 1.54) is 6.07 Å². The van der Waals surface area contributed by atoms with E-state index in [0.29, 0.717) is 22.8 Å². The minimum atomic E-state index is -0.360. The number of fused-ring (bicyclic) bond motifs is 1. The third-order valence-electron chi connectivity index (χ3n) is 4.15. The first-order valence-corrected chi connectivity index (χ1v) is 8.56. The second-order valence-corrected chi connectivity index (χ2v) is 6.30. The fraction of sp³-hybridized carbons (Fsp3) is 0.263. The van der Waals surface area contributed by atoms with Crippen LogP contribution in [0.4, 0.5) is 4.39 Å². The predicted molar refractivity (Wildman–Crippen MR) is 97.1 cm³/mol. The summed E-state index contributed by atoms with van der Waals surface area (Å²) in [5, 5.41) is 3.28. The van der Waals surface area contributed by atoms with E-state index in [0.717, 1.165) is 11.0 Å². The summed E-state index contributed by atoms with van der Waals surface area (Å²) in [5.41, 5.74) is 2.07. The van der Waals surface area contributed by atoms with Crippen LogP contribution < -0.4 is 5.32 Å². The van der Waals surface area contributed by atoms with Crippen molar-refractivity contribution in [1.29, 1.82) is 0 Å². The van der Waals surface area contributed by atoms with Gasteiger partial charge in [0.2, 0.25) is 5.91 Å². The third kappa shape index (κ3) is 3.51. The Kier molecular flexibility index (Phi) is 5.04. The Morgan fingerprint density at radius 3 is 2.76 bits per heavy atom. The molecule has 0 aliphatic carbocycles. The van der Waals surface area contributed by atoms with E-state index in [9.17, 15) is 9.18 Å². The van der Waals surface area contributed by atoms with Gasteiger partial charge in [-0.3, -0.25) is 4.79 Å². The maximum atomic E-state index is 14.3. The smallest absolute Gasteiger partial charge is 0.220 e. The zero-order valence-corrected chi connectivity index (χ0v) is 14.8. The normalized spacial score (nSPS) is 12.3. The van der Waals surface area contributed by atoms with Gasteiger partial charge in [0.15, 0.2) is 0 Å². The molecule has 0 radical (unpaired) electrons. The lowest BCUT2D eigenvalue weighted by atomic mass is 10.2. The number of para-hydroxylation sites is 2. The summed E-state index contributed by atoms with van der Waals surface area (Å²) in [6.07, 6.45) is 0.393. The Labute approximate surface area is 150 Å². The molecule has 6 heteroatoms. The molecular weight excluding hydrogens is 341 g/mol. The summed E-state index contributed by atoms with van der Waals surface area (Å²) in [6.45, 7) is 3.91. The summed E-state index contributed by atoms with van der Waals surface area (Å²) in [5.74, 6) is 0.249. The first kappa shape index (κ1) is 17.4. The summed E-state index contributed by atoms with van der Waals surface area (Å²) < 4.78 is 16.2. The lowest BCUT2D eigenvalue weighted by Gasteiger charge is -2.17. The fourth-order valence-corrected chi connectivity index (χ4v) is 3.06. The molecule has 25 heavy (non-hydrogen) atoms. The molecular formula is C19H19ClFN3O. The fourth-order valence-electron chi connectivity index (χ4n) is 2.84. The molecule has 0 saturated heterocycles. The van der Waals surface area contributed by atoms with Gasteiger partial charge in [0.1, 0.15) is 11.6 Å². The van der Waals surface area contributed by atoms with Gasteiger partial charge in [-0.15, -0.1) is 0 Å². The molecule has 0 aliphatic rings.